The van der Waals surface area contributed by atoms with Crippen LogP contribution in [0.15, 0.2) is 133 Å². The zero-order valence-electron chi connectivity index (χ0n) is 44.1. The third kappa shape index (κ3) is 20.6. The fourth-order valence-corrected chi connectivity index (χ4v) is 12.6. The van der Waals surface area contributed by atoms with Gasteiger partial charge >= 0.3 is 5.97 Å². The van der Waals surface area contributed by atoms with E-state index in [2.05, 4.69) is 169 Å². The molecule has 0 aromatic rings. The molecule has 4 rings (SSSR count). The van der Waals surface area contributed by atoms with E-state index in [1.165, 1.54) is 70.6 Å². The number of ether oxygens (including phenoxy) is 1. The lowest BCUT2D eigenvalue weighted by atomic mass is 9.47. The molecule has 0 saturated heterocycles. The molecule has 4 aliphatic carbocycles. The van der Waals surface area contributed by atoms with Crippen molar-refractivity contribution in [1.82, 2.24) is 0 Å². The maximum atomic E-state index is 12.9. The predicted molar refractivity (Wildman–Crippen MR) is 294 cm³/mol. The van der Waals surface area contributed by atoms with Crippen LogP contribution in [0.25, 0.3) is 0 Å². The van der Waals surface area contributed by atoms with Gasteiger partial charge in [0.1, 0.15) is 6.10 Å². The molecule has 0 heterocycles. The highest BCUT2D eigenvalue weighted by Gasteiger charge is 2.59. The fraction of sp³-hybridized carbons (Fsp3) is 0.646. The minimum atomic E-state index is 0.0330. The molecule has 67 heavy (non-hydrogen) atoms. The van der Waals surface area contributed by atoms with Crippen molar-refractivity contribution in [2.45, 2.75) is 221 Å². The molecule has 8 atom stereocenters. The highest BCUT2D eigenvalue weighted by atomic mass is 16.5. The van der Waals surface area contributed by atoms with E-state index < -0.39 is 0 Å². The summed E-state index contributed by atoms with van der Waals surface area (Å²) in [6.07, 6.45) is 78.6. The number of fused-ring (bicyclic) bond motifs is 5. The molecule has 0 aliphatic heterocycles. The summed E-state index contributed by atoms with van der Waals surface area (Å²) in [7, 11) is 0. The summed E-state index contributed by atoms with van der Waals surface area (Å²) in [4.78, 5) is 12.9. The van der Waals surface area contributed by atoms with E-state index >= 15 is 0 Å². The summed E-state index contributed by atoms with van der Waals surface area (Å²) >= 11 is 0. The predicted octanol–water partition coefficient (Wildman–Crippen LogP) is 19.8. The fourth-order valence-electron chi connectivity index (χ4n) is 12.6. The first-order valence-corrected chi connectivity index (χ1v) is 28.1. The molecule has 0 bridgehead atoms. The molecular formula is C65H100O2. The van der Waals surface area contributed by atoms with Crippen LogP contribution >= 0.6 is 0 Å². The van der Waals surface area contributed by atoms with E-state index in [0.29, 0.717) is 17.3 Å². The first-order valence-electron chi connectivity index (χ1n) is 28.1. The third-order valence-corrected chi connectivity index (χ3v) is 16.4. The molecule has 0 aromatic heterocycles. The van der Waals surface area contributed by atoms with Crippen LogP contribution in [-0.2, 0) is 9.53 Å². The van der Waals surface area contributed by atoms with Gasteiger partial charge in [0.2, 0.25) is 0 Å². The summed E-state index contributed by atoms with van der Waals surface area (Å²) in [6.45, 7) is 14.8. The second kappa shape index (κ2) is 33.2. The van der Waals surface area contributed by atoms with E-state index in [9.17, 15) is 4.79 Å². The molecule has 0 spiro atoms. The van der Waals surface area contributed by atoms with Crippen molar-refractivity contribution in [2.24, 2.45) is 46.3 Å². The van der Waals surface area contributed by atoms with E-state index in [-0.39, 0.29) is 12.1 Å². The molecular weight excluding hydrogens is 813 g/mol. The number of allylic oxidation sites excluding steroid dienone is 21. The molecule has 3 saturated carbocycles. The van der Waals surface area contributed by atoms with Crippen LogP contribution in [0.4, 0.5) is 0 Å². The molecule has 8 unspecified atom stereocenters. The van der Waals surface area contributed by atoms with Crippen molar-refractivity contribution in [3.8, 4) is 0 Å². The number of unbranched alkanes of at least 4 members (excludes halogenated alkanes) is 4. The Morgan fingerprint density at radius 3 is 1.61 bits per heavy atom. The van der Waals surface area contributed by atoms with Crippen LogP contribution in [-0.4, -0.2) is 12.1 Å². The molecule has 0 N–H and O–H groups in total. The van der Waals surface area contributed by atoms with E-state index in [0.717, 1.165) is 132 Å². The number of carbonyl (C=O) groups is 1. The minimum absolute atomic E-state index is 0.0330. The quantitative estimate of drug-likeness (QED) is 0.0382. The molecule has 2 heteroatoms. The van der Waals surface area contributed by atoms with Crippen molar-refractivity contribution < 1.29 is 9.53 Å². The smallest absolute Gasteiger partial charge is 0.306 e. The highest BCUT2D eigenvalue weighted by molar-refractivity contribution is 5.69. The Balaban J connectivity index is 0.950. The Morgan fingerprint density at radius 2 is 1.09 bits per heavy atom. The zero-order chi connectivity index (χ0) is 47.8. The first kappa shape index (κ1) is 56.2. The Labute approximate surface area is 414 Å². The van der Waals surface area contributed by atoms with Gasteiger partial charge in [-0.15, -0.1) is 0 Å². The minimum Gasteiger partial charge on any atom is -0.462 e. The number of hydrogen-bond acceptors (Lipinski definition) is 2. The van der Waals surface area contributed by atoms with Gasteiger partial charge in [-0.25, -0.2) is 0 Å². The Morgan fingerprint density at radius 1 is 0.582 bits per heavy atom. The van der Waals surface area contributed by atoms with Crippen LogP contribution in [0.2, 0.25) is 0 Å². The summed E-state index contributed by atoms with van der Waals surface area (Å²) in [5.74, 6) is 5.22. The lowest BCUT2D eigenvalue weighted by Gasteiger charge is -2.58. The molecule has 2 nitrogen and oxygen atoms in total. The van der Waals surface area contributed by atoms with Crippen LogP contribution in [0.5, 0.6) is 0 Å². The average Bonchev–Trinajstić information content (AvgIpc) is 3.67. The average molecular weight is 914 g/mol. The molecule has 0 amide bonds. The summed E-state index contributed by atoms with van der Waals surface area (Å²) < 4.78 is 6.15. The zero-order valence-corrected chi connectivity index (χ0v) is 44.1. The second-order valence-corrected chi connectivity index (χ2v) is 21.8. The van der Waals surface area contributed by atoms with Gasteiger partial charge in [-0.05, 0) is 175 Å². The lowest BCUT2D eigenvalue weighted by molar-refractivity contribution is -0.151. The standard InChI is InChI=1S/C65H100O2/c1-7-8-9-10-11-12-13-14-15-16-17-18-19-20-21-22-23-24-25-26-27-28-29-30-31-32-33-34-35-36-37-38-39-40-41-45-63(66)67-58-50-52-64(5)57(54-58)46-47-59-61-49-48-60(56(4)44-42-43-55(2)3)65(61,6)53-51-62(59)64/h8-9,11-12,14-15,17-18,20-21,23-24,26-27,29-30,32-33,35-36,46,55-56,58-62H,7,10,13,16,19,22,25,28,31,34,37-45,47-54H2,1-6H3/b9-8-,12-11-,15-14-,18-17-,21-20-,24-23-,27-26-,30-29-,33-32-,36-35-. The van der Waals surface area contributed by atoms with Gasteiger partial charge in [0.05, 0.1) is 0 Å². The summed E-state index contributed by atoms with van der Waals surface area (Å²) in [5, 5.41) is 0. The van der Waals surface area contributed by atoms with Crippen LogP contribution in [0.1, 0.15) is 215 Å². The van der Waals surface area contributed by atoms with Gasteiger partial charge < -0.3 is 4.74 Å². The molecule has 0 aromatic carbocycles. The highest BCUT2D eigenvalue weighted by Crippen LogP contribution is 2.67. The van der Waals surface area contributed by atoms with Gasteiger partial charge in [0.25, 0.3) is 0 Å². The topological polar surface area (TPSA) is 26.3 Å². The van der Waals surface area contributed by atoms with Crippen LogP contribution in [0.3, 0.4) is 0 Å². The second-order valence-electron chi connectivity index (χ2n) is 21.8. The van der Waals surface area contributed by atoms with Gasteiger partial charge in [-0.2, -0.15) is 0 Å². The van der Waals surface area contributed by atoms with Crippen molar-refractivity contribution >= 4 is 5.97 Å². The maximum Gasteiger partial charge on any atom is 0.306 e. The number of rotatable bonds is 32. The van der Waals surface area contributed by atoms with E-state index in [4.69, 9.17) is 4.74 Å². The lowest BCUT2D eigenvalue weighted by Crippen LogP contribution is -2.51. The van der Waals surface area contributed by atoms with Gasteiger partial charge in [0, 0.05) is 12.8 Å². The van der Waals surface area contributed by atoms with E-state index in [1.54, 1.807) is 5.57 Å². The third-order valence-electron chi connectivity index (χ3n) is 16.4. The number of carbonyl (C=O) groups excluding carboxylic acids is 1. The largest absolute Gasteiger partial charge is 0.462 e. The summed E-state index contributed by atoms with van der Waals surface area (Å²) in [6, 6.07) is 0. The number of hydrogen-bond donors (Lipinski definition) is 0. The van der Waals surface area contributed by atoms with Gasteiger partial charge in [-0.3, -0.25) is 4.79 Å². The molecule has 372 valence electrons. The molecule has 0 radical (unpaired) electrons. The van der Waals surface area contributed by atoms with Gasteiger partial charge in [0.15, 0.2) is 0 Å². The number of esters is 1. The Kier molecular flexibility index (Phi) is 27.8. The van der Waals surface area contributed by atoms with Crippen molar-refractivity contribution in [1.29, 1.82) is 0 Å². The van der Waals surface area contributed by atoms with E-state index in [1.807, 2.05) is 0 Å². The van der Waals surface area contributed by atoms with Gasteiger partial charge in [-0.1, -0.05) is 207 Å². The maximum absolute atomic E-state index is 12.9. The normalized spacial score (nSPS) is 27.5. The SMILES string of the molecule is CC/C=C\C/C=C\C/C=C\C/C=C\C/C=C\C/C=C\C/C=C\C/C=C\C/C=C\C/C=C\CCCCCCC(=O)OC1CCC2(C)C(=CCC3C2CCC2(C)C(C(C)CCCC(C)C)CCC32)C1. The monoisotopic (exact) mass is 913 g/mol. The van der Waals surface area contributed by atoms with Crippen molar-refractivity contribution in [2.75, 3.05) is 0 Å². The first-order chi connectivity index (χ1) is 32.7. The van der Waals surface area contributed by atoms with Crippen LogP contribution in [0, 0.1) is 46.3 Å². The van der Waals surface area contributed by atoms with Crippen molar-refractivity contribution in [3.63, 3.8) is 0 Å². The van der Waals surface area contributed by atoms with Crippen LogP contribution < -0.4 is 0 Å². The molecule has 4 aliphatic rings. The molecule has 3 fully saturated rings. The summed E-state index contributed by atoms with van der Waals surface area (Å²) in [5.41, 5.74) is 2.48. The van der Waals surface area contributed by atoms with Crippen molar-refractivity contribution in [3.05, 3.63) is 133 Å². The Bertz CT molecular complexity index is 1700. The Hall–Kier alpha value is -3.39.